The minimum absolute atomic E-state index is 0.00362. The summed E-state index contributed by atoms with van der Waals surface area (Å²) in [6.45, 7) is 8.75. The highest BCUT2D eigenvalue weighted by molar-refractivity contribution is 6.08. The summed E-state index contributed by atoms with van der Waals surface area (Å²) in [5, 5.41) is 57.2. The number of aliphatic carboxylic acids is 1. The van der Waals surface area contributed by atoms with Crippen molar-refractivity contribution in [2.24, 2.45) is 22.4 Å². The highest BCUT2D eigenvalue weighted by atomic mass is 19.2. The molecular weight excluding hydrogens is 1530 g/mol. The molecule has 0 aliphatic carbocycles. The molecule has 4 aromatic rings. The van der Waals surface area contributed by atoms with Crippen LogP contribution in [0, 0.1) is 35.0 Å². The maximum absolute atomic E-state index is 13.7. The lowest BCUT2D eigenvalue weighted by molar-refractivity contribution is -0.271. The second-order valence-corrected chi connectivity index (χ2v) is 26.0. The number of halogens is 5. The van der Waals surface area contributed by atoms with Gasteiger partial charge in [-0.25, -0.2) is 32.7 Å². The molecule has 7 rings (SSSR count). The van der Waals surface area contributed by atoms with Crippen LogP contribution in [0.15, 0.2) is 77.2 Å². The molecule has 5 atom stereocenters. The molecule has 0 radical (unpaired) electrons. The number of alkyl carbamates (subject to hydrolysis) is 1. The predicted octanol–water partition coefficient (Wildman–Crippen LogP) is 3.32. The summed E-state index contributed by atoms with van der Waals surface area (Å²) < 4.78 is 126. The molecule has 6 amide bonds. The molecule has 3 aromatic carbocycles. The minimum Gasteiger partial charge on any atom is -0.479 e. The van der Waals surface area contributed by atoms with Crippen molar-refractivity contribution >= 4 is 82.4 Å². The average molecular weight is 1630 g/mol. The maximum atomic E-state index is 13.7. The van der Waals surface area contributed by atoms with Crippen molar-refractivity contribution in [3.05, 3.63) is 118 Å². The summed E-state index contributed by atoms with van der Waals surface area (Å²) in [6.07, 6.45) is -3.84. The molecule has 14 N–H and O–H groups in total. The summed E-state index contributed by atoms with van der Waals surface area (Å²) in [5.41, 5.74) is 15.2. The number of amidine groups is 1. The Labute approximate surface area is 658 Å². The van der Waals surface area contributed by atoms with Gasteiger partial charge in [0.15, 0.2) is 6.10 Å². The molecule has 2 saturated heterocycles. The Kier molecular flexibility index (Phi) is 39.0. The maximum Gasteiger partial charge on any atom is 0.407 e. The molecule has 3 aliphatic heterocycles. The van der Waals surface area contributed by atoms with Crippen LogP contribution in [-0.4, -0.2) is 259 Å². The molecule has 40 heteroatoms. The van der Waals surface area contributed by atoms with E-state index >= 15 is 0 Å². The molecule has 0 bridgehead atoms. The number of anilines is 3. The smallest absolute Gasteiger partial charge is 0.407 e. The number of nitrogens with two attached hydrogens (primary N) is 2. The van der Waals surface area contributed by atoms with E-state index in [4.69, 9.17) is 58.8 Å². The van der Waals surface area contributed by atoms with Crippen molar-refractivity contribution in [1.82, 2.24) is 31.2 Å². The number of rotatable bonds is 49. The number of carboxylic acid groups (broad SMARTS) is 1. The van der Waals surface area contributed by atoms with E-state index in [1.165, 1.54) is 24.4 Å². The van der Waals surface area contributed by atoms with Gasteiger partial charge < -0.3 is 126 Å². The van der Waals surface area contributed by atoms with Crippen molar-refractivity contribution in [2.75, 3.05) is 160 Å². The summed E-state index contributed by atoms with van der Waals surface area (Å²) in [7, 11) is 0. The van der Waals surface area contributed by atoms with Crippen LogP contribution in [0.4, 0.5) is 49.6 Å². The fraction of sp³-hybridized carbons (Fsp3) is 0.520. The Bertz CT molecular complexity index is 3940. The van der Waals surface area contributed by atoms with Crippen LogP contribution in [0.2, 0.25) is 0 Å². The SMILES string of the molecule is CCCN(CCC)C(=O)C1=Cc2ccc(C(=O)Nc3ccc(N4CCC(C(=O)NCCNC(=O)OCc5ccc(O[C@@H]6O[C@H](C(=O)O)C(O)[C@H](O)C6O)c(NC(=O)CCNC(=O)CCOCCOCCOCCOCCOCCOC/C(N)=C/NCCOCCC(=O)Oc6c(F)c(F)c(F)c(F)c6F)c5)CC4)nc3)cc2N=C(N)C1. The van der Waals surface area contributed by atoms with Crippen molar-refractivity contribution in [2.45, 2.75) is 103 Å². The van der Waals surface area contributed by atoms with Crippen LogP contribution in [0.5, 0.6) is 11.5 Å². The number of esters is 1. The van der Waals surface area contributed by atoms with E-state index in [1.54, 1.807) is 42.6 Å². The largest absolute Gasteiger partial charge is 0.479 e. The number of pyridine rings is 1. The lowest BCUT2D eigenvalue weighted by Crippen LogP contribution is -2.61. The molecule has 4 heterocycles. The number of nitrogens with zero attached hydrogens (tertiary/aromatic N) is 4. The number of aliphatic imine (C=N–C) groups is 1. The monoisotopic (exact) mass is 1630 g/mol. The Morgan fingerprint density at radius 3 is 1.91 bits per heavy atom. The summed E-state index contributed by atoms with van der Waals surface area (Å²) in [5.74, 6) is -17.4. The molecule has 2 fully saturated rings. The van der Waals surface area contributed by atoms with E-state index < -0.39 is 108 Å². The second-order valence-electron chi connectivity index (χ2n) is 26.0. The third-order valence-electron chi connectivity index (χ3n) is 17.2. The first-order valence-electron chi connectivity index (χ1n) is 37.3. The molecule has 632 valence electrons. The number of carbonyl (C=O) groups is 8. The molecule has 0 saturated carbocycles. The van der Waals surface area contributed by atoms with Crippen molar-refractivity contribution in [3.63, 3.8) is 0 Å². The van der Waals surface area contributed by atoms with E-state index in [9.17, 15) is 80.7 Å². The molecule has 2 unspecified atom stereocenters. The van der Waals surface area contributed by atoms with E-state index in [0.29, 0.717) is 111 Å². The Balaban J connectivity index is 0.704. The molecule has 1 aromatic heterocycles. The number of fused-ring (bicyclic) bond motifs is 1. The van der Waals surface area contributed by atoms with Crippen molar-refractivity contribution in [1.29, 1.82) is 0 Å². The van der Waals surface area contributed by atoms with Crippen LogP contribution >= 0.6 is 0 Å². The highest BCUT2D eigenvalue weighted by Crippen LogP contribution is 2.34. The van der Waals surface area contributed by atoms with Gasteiger partial charge in [-0.05, 0) is 73.7 Å². The quantitative estimate of drug-likeness (QED) is 0.00753. The third-order valence-corrected chi connectivity index (χ3v) is 17.2. The number of piperidine rings is 1. The second kappa shape index (κ2) is 48.8. The highest BCUT2D eigenvalue weighted by Gasteiger charge is 2.48. The zero-order valence-electron chi connectivity index (χ0n) is 63.6. The van der Waals surface area contributed by atoms with E-state index in [2.05, 4.69) is 46.6 Å². The lowest BCUT2D eigenvalue weighted by Gasteiger charge is -2.38. The Morgan fingerprint density at radius 2 is 1.28 bits per heavy atom. The first-order valence-corrected chi connectivity index (χ1v) is 37.3. The zero-order chi connectivity index (χ0) is 83.2. The third kappa shape index (κ3) is 30.5. The number of aliphatic hydroxyl groups excluding tert-OH is 3. The number of carboxylic acids is 1. The van der Waals surface area contributed by atoms with Gasteiger partial charge in [0.2, 0.25) is 64.8 Å². The first kappa shape index (κ1) is 91.9. The van der Waals surface area contributed by atoms with E-state index in [0.717, 1.165) is 12.8 Å². The molecule has 3 aliphatic rings. The standard InChI is InChI=1S/C75H99F5N12O23/c1-3-20-92(21-4-2)72(101)49-38-47-6-7-48(39-52(47)89-55(82)40-49)71(100)88-51-8-10-56(87-42-51)91-22-12-46(13-23-91)70(99)85-17-18-86-75(104)112-43-45-5-9-54(113-74-67(98)65(96)66(97)69(115-74)73(102)103)53(37-45)90-58(94)11-16-84-57(93)14-24-106-27-28-107-29-30-108-31-32-109-33-34-110-35-36-111-44-50(81)41-83-19-26-105-25-15-59(95)114-68-63(79)61(77)60(76)62(78)64(68)80/h5-10,37-39,41-42,46,65-67,69,74,83,96-98H,3-4,11-36,40,43-44,81H2,1-2H3,(H2,82,89)(H,84,93)(H,85,99)(H,86,104)(H,88,100)(H,90,94)(H,102,103)/b50-41-/t65-,66?,67?,69-,74+/m0/s1. The van der Waals surface area contributed by atoms with E-state index in [1.807, 2.05) is 23.6 Å². The Morgan fingerprint density at radius 1 is 0.661 bits per heavy atom. The van der Waals surface area contributed by atoms with Gasteiger partial charge >= 0.3 is 18.0 Å². The number of nitrogens with one attached hydrogen (secondary N) is 6. The topological polar surface area (TPSA) is 475 Å². The molecular formula is C75H99F5N12O23. The van der Waals surface area contributed by atoms with Gasteiger partial charge in [-0.15, -0.1) is 0 Å². The number of ether oxygens (including phenoxy) is 11. The van der Waals surface area contributed by atoms with Crippen LogP contribution in [0.1, 0.15) is 86.7 Å². The average Bonchev–Trinajstić information content (AvgIpc) is 1.13. The predicted molar refractivity (Wildman–Crippen MR) is 401 cm³/mol. The number of aliphatic hydroxyl groups is 3. The van der Waals surface area contributed by atoms with Crippen LogP contribution in [0.25, 0.3) is 6.08 Å². The first-order chi connectivity index (χ1) is 55.3. The number of hydrogen-bond acceptors (Lipinski definition) is 28. The number of aromatic nitrogens is 1. The molecule has 0 spiro atoms. The summed E-state index contributed by atoms with van der Waals surface area (Å²) >= 11 is 0. The van der Waals surface area contributed by atoms with Gasteiger partial charge in [0.1, 0.15) is 42.3 Å². The summed E-state index contributed by atoms with van der Waals surface area (Å²) in [6, 6.07) is 12.6. The van der Waals surface area contributed by atoms with Gasteiger partial charge in [-0.2, -0.15) is 8.78 Å². The van der Waals surface area contributed by atoms with Gasteiger partial charge in [-0.3, -0.25) is 28.8 Å². The van der Waals surface area contributed by atoms with Gasteiger partial charge in [0, 0.05) is 100 Å². The Hall–Kier alpha value is -10.3. The number of hydrogen-bond donors (Lipinski definition) is 12. The normalized spacial score (nSPS) is 16.9. The fourth-order valence-corrected chi connectivity index (χ4v) is 11.3. The number of amides is 6. The molecule has 35 nitrogen and oxygen atoms in total. The van der Waals surface area contributed by atoms with Crippen molar-refractivity contribution < 1.29 is 133 Å². The lowest BCUT2D eigenvalue weighted by atomic mass is 9.96. The number of carbonyl (C=O) groups excluding carboxylic acids is 7. The van der Waals surface area contributed by atoms with Crippen LogP contribution in [0.3, 0.4) is 0 Å². The van der Waals surface area contributed by atoms with E-state index in [-0.39, 0.29) is 153 Å². The summed E-state index contributed by atoms with van der Waals surface area (Å²) in [4.78, 5) is 115. The fourth-order valence-electron chi connectivity index (χ4n) is 11.3. The van der Waals surface area contributed by atoms with Gasteiger partial charge in [0.05, 0.1) is 128 Å². The van der Waals surface area contributed by atoms with Crippen LogP contribution < -0.4 is 57.7 Å². The molecule has 115 heavy (non-hydrogen) atoms. The van der Waals surface area contributed by atoms with Crippen LogP contribution in [-0.2, 0) is 78.0 Å². The minimum atomic E-state index is -2.38. The van der Waals surface area contributed by atoms with Gasteiger partial charge in [-0.1, -0.05) is 26.0 Å². The zero-order valence-corrected chi connectivity index (χ0v) is 63.6. The van der Waals surface area contributed by atoms with Gasteiger partial charge in [0.25, 0.3) is 5.91 Å². The van der Waals surface area contributed by atoms with Crippen molar-refractivity contribution in [3.8, 4) is 11.5 Å². The number of benzene rings is 3.